The molecular formula is C23H26FN3O4. The molecule has 0 aliphatic carbocycles. The Balaban J connectivity index is 1.48. The van der Waals surface area contributed by atoms with Crippen LogP contribution in [0.1, 0.15) is 5.56 Å². The predicted molar refractivity (Wildman–Crippen MR) is 117 cm³/mol. The molecule has 1 N–H and O–H groups in total. The maximum Gasteiger partial charge on any atom is 0.246 e. The van der Waals surface area contributed by atoms with Crippen molar-refractivity contribution < 1.29 is 23.5 Å². The van der Waals surface area contributed by atoms with E-state index >= 15 is 0 Å². The first-order valence-corrected chi connectivity index (χ1v) is 9.94. The second-order valence-electron chi connectivity index (χ2n) is 7.14. The number of amides is 2. The molecule has 164 valence electrons. The van der Waals surface area contributed by atoms with Crippen molar-refractivity contribution in [2.24, 2.45) is 0 Å². The summed E-state index contributed by atoms with van der Waals surface area (Å²) < 4.78 is 23.7. The van der Waals surface area contributed by atoms with E-state index in [1.807, 2.05) is 17.0 Å². The molecule has 0 aromatic heterocycles. The van der Waals surface area contributed by atoms with Crippen molar-refractivity contribution in [2.45, 2.75) is 0 Å². The second-order valence-corrected chi connectivity index (χ2v) is 7.14. The third-order valence-electron chi connectivity index (χ3n) is 4.95. The van der Waals surface area contributed by atoms with Crippen LogP contribution >= 0.6 is 0 Å². The van der Waals surface area contributed by atoms with Crippen molar-refractivity contribution in [2.75, 3.05) is 52.3 Å². The van der Waals surface area contributed by atoms with Gasteiger partial charge in [-0.2, -0.15) is 0 Å². The van der Waals surface area contributed by atoms with Crippen molar-refractivity contribution in [3.05, 3.63) is 59.9 Å². The number of methoxy groups -OCH3 is 2. The summed E-state index contributed by atoms with van der Waals surface area (Å²) >= 11 is 0. The average Bonchev–Trinajstić information content (AvgIpc) is 2.77. The number of anilines is 1. The highest BCUT2D eigenvalue weighted by molar-refractivity contribution is 5.93. The van der Waals surface area contributed by atoms with Gasteiger partial charge in [-0.25, -0.2) is 4.39 Å². The van der Waals surface area contributed by atoms with Gasteiger partial charge in [0.05, 0.1) is 20.8 Å². The van der Waals surface area contributed by atoms with Crippen molar-refractivity contribution in [3.63, 3.8) is 0 Å². The maximum atomic E-state index is 13.2. The molecule has 7 nitrogen and oxygen atoms in total. The SMILES string of the molecule is COc1cc(C=CC(=O)N2CCN(CC(=O)Nc3cccc(F)c3)CC2)cc(OC)c1. The van der Waals surface area contributed by atoms with Gasteiger partial charge in [0.25, 0.3) is 0 Å². The molecule has 0 radical (unpaired) electrons. The Morgan fingerprint density at radius 3 is 2.32 bits per heavy atom. The van der Waals surface area contributed by atoms with Crippen LogP contribution < -0.4 is 14.8 Å². The van der Waals surface area contributed by atoms with Crippen LogP contribution in [0.4, 0.5) is 10.1 Å². The lowest BCUT2D eigenvalue weighted by Crippen LogP contribution is -2.50. The predicted octanol–water partition coefficient (Wildman–Crippen LogP) is 2.64. The first-order valence-electron chi connectivity index (χ1n) is 9.94. The van der Waals surface area contributed by atoms with Crippen LogP contribution in [0.5, 0.6) is 11.5 Å². The number of rotatable bonds is 7. The number of hydrogen-bond donors (Lipinski definition) is 1. The molecule has 1 saturated heterocycles. The Kier molecular flexibility index (Phi) is 7.61. The lowest BCUT2D eigenvalue weighted by molar-refractivity contribution is -0.127. The zero-order valence-corrected chi connectivity index (χ0v) is 17.6. The van der Waals surface area contributed by atoms with Gasteiger partial charge in [-0.1, -0.05) is 6.07 Å². The van der Waals surface area contributed by atoms with Crippen molar-refractivity contribution in [1.29, 1.82) is 0 Å². The second kappa shape index (κ2) is 10.6. The van der Waals surface area contributed by atoms with Gasteiger partial charge in [-0.3, -0.25) is 14.5 Å². The molecule has 2 aromatic carbocycles. The molecule has 31 heavy (non-hydrogen) atoms. The number of piperazine rings is 1. The van der Waals surface area contributed by atoms with E-state index in [0.29, 0.717) is 43.4 Å². The van der Waals surface area contributed by atoms with Crippen LogP contribution in [0.3, 0.4) is 0 Å². The highest BCUT2D eigenvalue weighted by Crippen LogP contribution is 2.23. The summed E-state index contributed by atoms with van der Waals surface area (Å²) in [6.07, 6.45) is 3.26. The minimum Gasteiger partial charge on any atom is -0.497 e. The number of nitrogens with one attached hydrogen (secondary N) is 1. The van der Waals surface area contributed by atoms with E-state index in [-0.39, 0.29) is 18.4 Å². The molecule has 8 heteroatoms. The lowest BCUT2D eigenvalue weighted by Gasteiger charge is -2.33. The lowest BCUT2D eigenvalue weighted by atomic mass is 10.2. The van der Waals surface area contributed by atoms with E-state index in [0.717, 1.165) is 5.56 Å². The Hall–Kier alpha value is -3.39. The molecule has 0 bridgehead atoms. The fourth-order valence-electron chi connectivity index (χ4n) is 3.29. The van der Waals surface area contributed by atoms with Crippen LogP contribution in [0.2, 0.25) is 0 Å². The molecule has 0 unspecified atom stereocenters. The van der Waals surface area contributed by atoms with Crippen molar-refractivity contribution in [3.8, 4) is 11.5 Å². The van der Waals surface area contributed by atoms with Crippen LogP contribution in [-0.2, 0) is 9.59 Å². The number of ether oxygens (including phenoxy) is 2. The molecule has 0 atom stereocenters. The fourth-order valence-corrected chi connectivity index (χ4v) is 3.29. The minimum atomic E-state index is -0.398. The van der Waals surface area contributed by atoms with Crippen LogP contribution in [0, 0.1) is 5.82 Å². The highest BCUT2D eigenvalue weighted by Gasteiger charge is 2.21. The highest BCUT2D eigenvalue weighted by atomic mass is 19.1. The van der Waals surface area contributed by atoms with E-state index in [1.165, 1.54) is 18.2 Å². The Morgan fingerprint density at radius 2 is 1.71 bits per heavy atom. The summed E-state index contributed by atoms with van der Waals surface area (Å²) in [5, 5.41) is 2.69. The zero-order valence-electron chi connectivity index (χ0n) is 17.6. The Labute approximate surface area is 181 Å². The van der Waals surface area contributed by atoms with Gasteiger partial charge in [-0.05, 0) is 42.0 Å². The molecule has 1 heterocycles. The van der Waals surface area contributed by atoms with E-state index in [9.17, 15) is 14.0 Å². The van der Waals surface area contributed by atoms with Gasteiger partial charge in [0.2, 0.25) is 11.8 Å². The summed E-state index contributed by atoms with van der Waals surface area (Å²) in [7, 11) is 3.15. The maximum absolute atomic E-state index is 13.2. The molecule has 3 rings (SSSR count). The van der Waals surface area contributed by atoms with E-state index < -0.39 is 5.82 Å². The standard InChI is InChI=1S/C23H26FN3O4/c1-30-20-12-17(13-21(15-20)31-2)6-7-23(29)27-10-8-26(9-11-27)16-22(28)25-19-5-3-4-18(24)14-19/h3-7,12-15H,8-11,16H2,1-2H3,(H,25,28). The van der Waals surface area contributed by atoms with Gasteiger partial charge in [-0.15, -0.1) is 0 Å². The number of nitrogens with zero attached hydrogens (tertiary/aromatic N) is 2. The van der Waals surface area contributed by atoms with Crippen LogP contribution in [-0.4, -0.2) is 68.6 Å². The van der Waals surface area contributed by atoms with E-state index in [4.69, 9.17) is 9.47 Å². The van der Waals surface area contributed by atoms with Gasteiger partial charge < -0.3 is 19.7 Å². The zero-order chi connectivity index (χ0) is 22.2. The van der Waals surface area contributed by atoms with Gasteiger partial charge in [0.1, 0.15) is 17.3 Å². The van der Waals surface area contributed by atoms with E-state index in [1.54, 1.807) is 43.4 Å². The number of carbonyl (C=O) groups excluding carboxylic acids is 2. The molecule has 1 fully saturated rings. The summed E-state index contributed by atoms with van der Waals surface area (Å²) in [6.45, 7) is 2.42. The molecule has 0 spiro atoms. The van der Waals surface area contributed by atoms with Crippen molar-refractivity contribution in [1.82, 2.24) is 9.80 Å². The third-order valence-corrected chi connectivity index (χ3v) is 4.95. The molecule has 1 aliphatic heterocycles. The summed E-state index contributed by atoms with van der Waals surface area (Å²) in [5.74, 6) is 0.599. The summed E-state index contributed by atoms with van der Waals surface area (Å²) in [4.78, 5) is 28.4. The smallest absolute Gasteiger partial charge is 0.246 e. The number of benzene rings is 2. The first kappa shape index (κ1) is 22.3. The quantitative estimate of drug-likeness (QED) is 0.688. The van der Waals surface area contributed by atoms with Gasteiger partial charge in [0, 0.05) is 44.0 Å². The summed E-state index contributed by atoms with van der Waals surface area (Å²) in [6, 6.07) is 11.2. The molecule has 1 aliphatic rings. The molecule has 2 aromatic rings. The number of halogens is 1. The van der Waals surface area contributed by atoms with E-state index in [2.05, 4.69) is 5.32 Å². The van der Waals surface area contributed by atoms with Gasteiger partial charge >= 0.3 is 0 Å². The Morgan fingerprint density at radius 1 is 1.03 bits per heavy atom. The van der Waals surface area contributed by atoms with Crippen LogP contribution in [0.15, 0.2) is 48.5 Å². The Bertz CT molecular complexity index is 933. The molecule has 0 saturated carbocycles. The van der Waals surface area contributed by atoms with Gasteiger partial charge in [0.15, 0.2) is 0 Å². The third kappa shape index (κ3) is 6.55. The summed E-state index contributed by atoms with van der Waals surface area (Å²) in [5.41, 5.74) is 1.23. The largest absolute Gasteiger partial charge is 0.497 e. The molecular weight excluding hydrogens is 401 g/mol. The average molecular weight is 427 g/mol. The monoisotopic (exact) mass is 427 g/mol. The molecule has 2 amide bonds. The number of carbonyl (C=O) groups is 2. The van der Waals surface area contributed by atoms with Crippen molar-refractivity contribution >= 4 is 23.6 Å². The number of hydrogen-bond acceptors (Lipinski definition) is 5. The topological polar surface area (TPSA) is 71.1 Å². The van der Waals surface area contributed by atoms with Crippen LogP contribution in [0.25, 0.3) is 6.08 Å². The normalized spacial score (nSPS) is 14.5. The first-order chi connectivity index (χ1) is 15.0. The fraction of sp³-hybridized carbons (Fsp3) is 0.304. The minimum absolute atomic E-state index is 0.0920.